The van der Waals surface area contributed by atoms with E-state index in [0.29, 0.717) is 12.0 Å². The van der Waals surface area contributed by atoms with E-state index in [2.05, 4.69) is 26.6 Å². The number of piperidine rings is 1. The van der Waals surface area contributed by atoms with E-state index in [1.807, 2.05) is 0 Å². The van der Waals surface area contributed by atoms with Crippen LogP contribution >= 0.6 is 27.3 Å². The second kappa shape index (κ2) is 4.97. The van der Waals surface area contributed by atoms with Crippen molar-refractivity contribution in [1.82, 2.24) is 10.6 Å². The highest BCUT2D eigenvalue weighted by molar-refractivity contribution is 9.11. The molecule has 0 aromatic carbocycles. The first-order valence-corrected chi connectivity index (χ1v) is 6.62. The fourth-order valence-electron chi connectivity index (χ4n) is 1.50. The largest absolute Gasteiger partial charge is 0.340 e. The van der Waals surface area contributed by atoms with Crippen molar-refractivity contribution < 1.29 is 14.4 Å². The lowest BCUT2D eigenvalue weighted by atomic mass is 10.1. The lowest BCUT2D eigenvalue weighted by Gasteiger charge is -2.21. The third kappa shape index (κ3) is 2.92. The first-order valence-electron chi connectivity index (χ1n) is 4.95. The third-order valence-corrected chi connectivity index (χ3v) is 3.88. The van der Waals surface area contributed by atoms with Crippen LogP contribution in [0, 0.1) is 0 Å². The van der Waals surface area contributed by atoms with Crippen molar-refractivity contribution in [2.24, 2.45) is 0 Å². The zero-order chi connectivity index (χ0) is 12.4. The molecule has 7 heteroatoms. The Labute approximate surface area is 110 Å². The van der Waals surface area contributed by atoms with Crippen LogP contribution in [-0.2, 0) is 9.59 Å². The fourth-order valence-corrected chi connectivity index (χ4v) is 2.64. The van der Waals surface area contributed by atoms with Crippen LogP contribution in [0.25, 0.3) is 0 Å². The standard InChI is InChI=1S/C10H9BrN2O3S/c11-7-3-5(4-17-7)9(15)12-6-1-2-8(14)13-10(6)16/h3-4,6H,1-2H2,(H,12,15)(H,13,14,16). The molecule has 5 nitrogen and oxygen atoms in total. The molecule has 90 valence electrons. The molecule has 0 aliphatic carbocycles. The summed E-state index contributed by atoms with van der Waals surface area (Å²) in [5, 5.41) is 6.49. The molecule has 2 rings (SSSR count). The molecule has 1 fully saturated rings. The van der Waals surface area contributed by atoms with Crippen LogP contribution in [0.2, 0.25) is 0 Å². The molecule has 0 saturated carbocycles. The summed E-state index contributed by atoms with van der Waals surface area (Å²) in [6.45, 7) is 0. The van der Waals surface area contributed by atoms with Gasteiger partial charge in [-0.3, -0.25) is 19.7 Å². The molecule has 1 aromatic heterocycles. The second-order valence-electron chi connectivity index (χ2n) is 3.62. The van der Waals surface area contributed by atoms with Crippen molar-refractivity contribution in [2.45, 2.75) is 18.9 Å². The molecule has 1 aliphatic rings. The Kier molecular flexibility index (Phi) is 3.58. The number of hydrogen-bond donors (Lipinski definition) is 2. The van der Waals surface area contributed by atoms with Gasteiger partial charge in [0.15, 0.2) is 0 Å². The van der Waals surface area contributed by atoms with E-state index in [1.54, 1.807) is 11.4 Å². The molecular weight excluding hydrogens is 308 g/mol. The smallest absolute Gasteiger partial charge is 0.252 e. The van der Waals surface area contributed by atoms with E-state index < -0.39 is 11.9 Å². The van der Waals surface area contributed by atoms with Crippen LogP contribution in [0.3, 0.4) is 0 Å². The van der Waals surface area contributed by atoms with Gasteiger partial charge in [-0.25, -0.2) is 0 Å². The number of nitrogens with one attached hydrogen (secondary N) is 2. The van der Waals surface area contributed by atoms with Gasteiger partial charge in [0.25, 0.3) is 5.91 Å². The van der Waals surface area contributed by atoms with Gasteiger partial charge in [-0.2, -0.15) is 0 Å². The van der Waals surface area contributed by atoms with E-state index in [-0.39, 0.29) is 18.2 Å². The molecule has 1 aliphatic heterocycles. The summed E-state index contributed by atoms with van der Waals surface area (Å²) in [6.07, 6.45) is 0.603. The van der Waals surface area contributed by atoms with Crippen LogP contribution in [0.5, 0.6) is 0 Å². The van der Waals surface area contributed by atoms with Crippen LogP contribution < -0.4 is 10.6 Å². The molecule has 1 saturated heterocycles. The summed E-state index contributed by atoms with van der Waals surface area (Å²) in [6, 6.07) is 1.06. The molecule has 1 aromatic rings. The number of halogens is 1. The zero-order valence-corrected chi connectivity index (χ0v) is 11.1. The molecule has 1 unspecified atom stereocenters. The summed E-state index contributed by atoms with van der Waals surface area (Å²) in [7, 11) is 0. The molecule has 0 radical (unpaired) electrons. The molecule has 0 spiro atoms. The van der Waals surface area contributed by atoms with Crippen molar-refractivity contribution in [3.63, 3.8) is 0 Å². The van der Waals surface area contributed by atoms with Gasteiger partial charge < -0.3 is 5.32 Å². The number of hydrogen-bond acceptors (Lipinski definition) is 4. The topological polar surface area (TPSA) is 75.3 Å². The highest BCUT2D eigenvalue weighted by Crippen LogP contribution is 2.20. The molecular formula is C10H9BrN2O3S. The molecule has 2 N–H and O–H groups in total. The first kappa shape index (κ1) is 12.3. The van der Waals surface area contributed by atoms with Gasteiger partial charge in [0.1, 0.15) is 6.04 Å². The van der Waals surface area contributed by atoms with Crippen molar-refractivity contribution in [1.29, 1.82) is 0 Å². The summed E-state index contributed by atoms with van der Waals surface area (Å²) >= 11 is 4.66. The molecule has 3 amide bonds. The molecule has 17 heavy (non-hydrogen) atoms. The van der Waals surface area contributed by atoms with Crippen molar-refractivity contribution in [3.8, 4) is 0 Å². The maximum Gasteiger partial charge on any atom is 0.252 e. The lowest BCUT2D eigenvalue weighted by molar-refractivity contribution is -0.134. The van der Waals surface area contributed by atoms with Crippen molar-refractivity contribution in [3.05, 3.63) is 20.8 Å². The predicted molar refractivity (Wildman–Crippen MR) is 65.7 cm³/mol. The van der Waals surface area contributed by atoms with Crippen molar-refractivity contribution in [2.75, 3.05) is 0 Å². The Morgan fingerprint density at radius 2 is 2.29 bits per heavy atom. The first-order chi connectivity index (χ1) is 8.06. The minimum absolute atomic E-state index is 0.254. The second-order valence-corrected chi connectivity index (χ2v) is 5.91. The average molecular weight is 317 g/mol. The van der Waals surface area contributed by atoms with E-state index in [1.165, 1.54) is 11.3 Å². The van der Waals surface area contributed by atoms with Gasteiger partial charge in [-0.05, 0) is 28.4 Å². The number of carbonyl (C=O) groups excluding carboxylic acids is 3. The normalized spacial score (nSPS) is 19.9. The van der Waals surface area contributed by atoms with Crippen LogP contribution in [-0.4, -0.2) is 23.8 Å². The van der Waals surface area contributed by atoms with Gasteiger partial charge in [0.2, 0.25) is 11.8 Å². The van der Waals surface area contributed by atoms with E-state index in [4.69, 9.17) is 0 Å². The summed E-state index contributed by atoms with van der Waals surface area (Å²) in [5.74, 6) is -1.04. The Morgan fingerprint density at radius 3 is 2.88 bits per heavy atom. The Balaban J connectivity index is 1.99. The monoisotopic (exact) mass is 316 g/mol. The zero-order valence-electron chi connectivity index (χ0n) is 8.66. The van der Waals surface area contributed by atoms with Gasteiger partial charge in [-0.1, -0.05) is 0 Å². The number of rotatable bonds is 2. The Hall–Kier alpha value is -1.21. The Morgan fingerprint density at radius 1 is 1.53 bits per heavy atom. The number of thiophene rings is 1. The fraction of sp³-hybridized carbons (Fsp3) is 0.300. The highest BCUT2D eigenvalue weighted by atomic mass is 79.9. The van der Waals surface area contributed by atoms with Gasteiger partial charge >= 0.3 is 0 Å². The maximum atomic E-state index is 11.8. The minimum atomic E-state index is -0.626. The van der Waals surface area contributed by atoms with Gasteiger partial charge in [0, 0.05) is 11.8 Å². The number of imide groups is 1. The Bertz CT molecular complexity index is 486. The molecule has 0 bridgehead atoms. The van der Waals surface area contributed by atoms with E-state index >= 15 is 0 Å². The van der Waals surface area contributed by atoms with Crippen LogP contribution in [0.4, 0.5) is 0 Å². The number of carbonyl (C=O) groups is 3. The summed E-state index contributed by atoms with van der Waals surface area (Å²) < 4.78 is 0.853. The SMILES string of the molecule is O=C1CCC(NC(=O)c2csc(Br)c2)C(=O)N1. The van der Waals surface area contributed by atoms with Crippen LogP contribution in [0.15, 0.2) is 15.2 Å². The number of amides is 3. The summed E-state index contributed by atoms with van der Waals surface area (Å²) in [5.41, 5.74) is 0.506. The summed E-state index contributed by atoms with van der Waals surface area (Å²) in [4.78, 5) is 34.1. The predicted octanol–water partition coefficient (Wildman–Crippen LogP) is 1.05. The molecule has 1 atom stereocenters. The van der Waals surface area contributed by atoms with E-state index in [0.717, 1.165) is 3.79 Å². The lowest BCUT2D eigenvalue weighted by Crippen LogP contribution is -2.52. The van der Waals surface area contributed by atoms with Crippen LogP contribution in [0.1, 0.15) is 23.2 Å². The van der Waals surface area contributed by atoms with E-state index in [9.17, 15) is 14.4 Å². The van der Waals surface area contributed by atoms with Gasteiger partial charge in [-0.15, -0.1) is 11.3 Å². The highest BCUT2D eigenvalue weighted by Gasteiger charge is 2.28. The van der Waals surface area contributed by atoms with Crippen molar-refractivity contribution >= 4 is 45.0 Å². The third-order valence-electron chi connectivity index (χ3n) is 2.37. The average Bonchev–Trinajstić information content (AvgIpc) is 2.69. The molecule has 2 heterocycles. The quantitative estimate of drug-likeness (QED) is 0.801. The minimum Gasteiger partial charge on any atom is -0.340 e. The van der Waals surface area contributed by atoms with Gasteiger partial charge in [0.05, 0.1) is 9.35 Å². The maximum absolute atomic E-state index is 11.8.